The van der Waals surface area contributed by atoms with Gasteiger partial charge in [0.1, 0.15) is 6.17 Å². The smallest absolute Gasteiger partial charge is 0.122 e. The van der Waals surface area contributed by atoms with Crippen molar-refractivity contribution in [3.05, 3.63) is 34.9 Å². The molecule has 0 saturated carbocycles. The SMILES string of the molecule is Cc1ccc(C(C)F)cc1C(O)CN. The maximum atomic E-state index is 13.0. The van der Waals surface area contributed by atoms with Crippen molar-refractivity contribution in [1.82, 2.24) is 0 Å². The van der Waals surface area contributed by atoms with Crippen molar-refractivity contribution in [1.29, 1.82) is 0 Å². The van der Waals surface area contributed by atoms with Crippen molar-refractivity contribution in [2.24, 2.45) is 5.73 Å². The molecule has 0 aliphatic heterocycles. The Labute approximate surface area is 83.6 Å². The lowest BCUT2D eigenvalue weighted by Gasteiger charge is -2.13. The van der Waals surface area contributed by atoms with E-state index in [9.17, 15) is 9.50 Å². The summed E-state index contributed by atoms with van der Waals surface area (Å²) in [5.41, 5.74) is 7.59. The third-order valence-electron chi connectivity index (χ3n) is 2.34. The predicted octanol–water partition coefficient (Wildman–Crippen LogP) is 2.02. The number of aliphatic hydroxyl groups excluding tert-OH is 1. The topological polar surface area (TPSA) is 46.2 Å². The van der Waals surface area contributed by atoms with Crippen molar-refractivity contribution >= 4 is 0 Å². The number of aliphatic hydroxyl groups is 1. The molecule has 0 aliphatic rings. The summed E-state index contributed by atoms with van der Waals surface area (Å²) in [6, 6.07) is 5.21. The van der Waals surface area contributed by atoms with Crippen LogP contribution < -0.4 is 5.73 Å². The van der Waals surface area contributed by atoms with E-state index in [2.05, 4.69) is 0 Å². The zero-order valence-electron chi connectivity index (χ0n) is 8.50. The molecule has 3 heteroatoms. The van der Waals surface area contributed by atoms with Crippen LogP contribution in [0.1, 0.15) is 35.9 Å². The van der Waals surface area contributed by atoms with Gasteiger partial charge in [0.15, 0.2) is 0 Å². The quantitative estimate of drug-likeness (QED) is 0.778. The standard InChI is InChI=1S/C11H16FNO/c1-7-3-4-9(8(2)12)5-10(7)11(14)6-13/h3-5,8,11,14H,6,13H2,1-2H3. The van der Waals surface area contributed by atoms with Crippen molar-refractivity contribution in [2.45, 2.75) is 26.1 Å². The number of halogens is 1. The van der Waals surface area contributed by atoms with Gasteiger partial charge in [-0.15, -0.1) is 0 Å². The van der Waals surface area contributed by atoms with Gasteiger partial charge in [0.2, 0.25) is 0 Å². The maximum Gasteiger partial charge on any atom is 0.122 e. The van der Waals surface area contributed by atoms with Crippen molar-refractivity contribution in [3.8, 4) is 0 Å². The summed E-state index contributed by atoms with van der Waals surface area (Å²) in [7, 11) is 0. The van der Waals surface area contributed by atoms with Gasteiger partial charge in [-0.1, -0.05) is 18.2 Å². The van der Waals surface area contributed by atoms with Gasteiger partial charge in [-0.3, -0.25) is 0 Å². The fourth-order valence-electron chi connectivity index (χ4n) is 1.39. The first kappa shape index (κ1) is 11.1. The third-order valence-corrected chi connectivity index (χ3v) is 2.34. The summed E-state index contributed by atoms with van der Waals surface area (Å²) in [5.74, 6) is 0. The van der Waals surface area contributed by atoms with Gasteiger partial charge in [-0.2, -0.15) is 0 Å². The lowest BCUT2D eigenvalue weighted by molar-refractivity contribution is 0.185. The average Bonchev–Trinajstić information content (AvgIpc) is 2.17. The molecular formula is C11H16FNO. The lowest BCUT2D eigenvalue weighted by atomic mass is 9.99. The van der Waals surface area contributed by atoms with Gasteiger partial charge < -0.3 is 10.8 Å². The molecule has 0 radical (unpaired) electrons. The summed E-state index contributed by atoms with van der Waals surface area (Å²) in [5, 5.41) is 9.57. The molecule has 2 unspecified atom stereocenters. The summed E-state index contributed by atoms with van der Waals surface area (Å²) in [6.45, 7) is 3.51. The molecule has 0 aromatic heterocycles. The summed E-state index contributed by atoms with van der Waals surface area (Å²) in [4.78, 5) is 0. The van der Waals surface area contributed by atoms with Crippen molar-refractivity contribution in [2.75, 3.05) is 6.54 Å². The number of benzene rings is 1. The van der Waals surface area contributed by atoms with Gasteiger partial charge in [0, 0.05) is 6.54 Å². The van der Waals surface area contributed by atoms with Gasteiger partial charge in [-0.25, -0.2) is 4.39 Å². The summed E-state index contributed by atoms with van der Waals surface area (Å²) >= 11 is 0. The van der Waals surface area contributed by atoms with E-state index in [1.807, 2.05) is 6.92 Å². The van der Waals surface area contributed by atoms with Crippen molar-refractivity contribution in [3.63, 3.8) is 0 Å². The van der Waals surface area contributed by atoms with E-state index in [0.717, 1.165) is 11.1 Å². The predicted molar refractivity (Wildman–Crippen MR) is 54.7 cm³/mol. The normalized spacial score (nSPS) is 15.2. The molecule has 3 N–H and O–H groups in total. The van der Waals surface area contributed by atoms with Crippen LogP contribution in [0.3, 0.4) is 0 Å². The fourth-order valence-corrected chi connectivity index (χ4v) is 1.39. The number of aryl methyl sites for hydroxylation is 1. The highest BCUT2D eigenvalue weighted by atomic mass is 19.1. The number of rotatable bonds is 3. The first-order valence-corrected chi connectivity index (χ1v) is 4.69. The second kappa shape index (κ2) is 4.53. The Balaban J connectivity index is 3.08. The van der Waals surface area contributed by atoms with E-state index in [1.54, 1.807) is 18.2 Å². The molecule has 0 amide bonds. The Bertz CT molecular complexity index is 312. The molecule has 1 aromatic carbocycles. The number of nitrogens with two attached hydrogens (primary N) is 1. The molecule has 0 bridgehead atoms. The molecule has 14 heavy (non-hydrogen) atoms. The molecule has 0 heterocycles. The van der Waals surface area contributed by atoms with Crippen LogP contribution >= 0.6 is 0 Å². The van der Waals surface area contributed by atoms with Crippen LogP contribution in [0.25, 0.3) is 0 Å². The summed E-state index contributed by atoms with van der Waals surface area (Å²) in [6.07, 6.45) is -1.71. The largest absolute Gasteiger partial charge is 0.387 e. The summed E-state index contributed by atoms with van der Waals surface area (Å²) < 4.78 is 13.0. The minimum absolute atomic E-state index is 0.158. The van der Waals surface area contributed by atoms with E-state index in [1.165, 1.54) is 6.92 Å². The lowest BCUT2D eigenvalue weighted by Crippen LogP contribution is -2.13. The molecule has 2 atom stereocenters. The molecule has 1 aromatic rings. The molecule has 0 fully saturated rings. The van der Waals surface area contributed by atoms with Gasteiger partial charge in [0.05, 0.1) is 6.10 Å². The second-order valence-corrected chi connectivity index (χ2v) is 3.48. The molecule has 0 aliphatic carbocycles. The molecule has 78 valence electrons. The Morgan fingerprint density at radius 2 is 2.14 bits per heavy atom. The Hall–Kier alpha value is -0.930. The average molecular weight is 197 g/mol. The first-order valence-electron chi connectivity index (χ1n) is 4.69. The highest BCUT2D eigenvalue weighted by Crippen LogP contribution is 2.23. The van der Waals surface area contributed by atoms with E-state index in [0.29, 0.717) is 5.56 Å². The Kier molecular flexibility index (Phi) is 3.61. The van der Waals surface area contributed by atoms with E-state index >= 15 is 0 Å². The van der Waals surface area contributed by atoms with Gasteiger partial charge >= 0.3 is 0 Å². The molecule has 2 nitrogen and oxygen atoms in total. The molecular weight excluding hydrogens is 181 g/mol. The maximum absolute atomic E-state index is 13.0. The second-order valence-electron chi connectivity index (χ2n) is 3.48. The van der Waals surface area contributed by atoms with Crippen LogP contribution in [-0.2, 0) is 0 Å². The van der Waals surface area contributed by atoms with Crippen LogP contribution in [0.15, 0.2) is 18.2 Å². The molecule has 1 rings (SSSR count). The minimum Gasteiger partial charge on any atom is -0.387 e. The Morgan fingerprint density at radius 3 is 2.64 bits per heavy atom. The first-order chi connectivity index (χ1) is 6.56. The fraction of sp³-hybridized carbons (Fsp3) is 0.455. The number of hydrogen-bond donors (Lipinski definition) is 2. The van der Waals surface area contributed by atoms with Crippen LogP contribution in [-0.4, -0.2) is 11.7 Å². The van der Waals surface area contributed by atoms with E-state index < -0.39 is 12.3 Å². The van der Waals surface area contributed by atoms with Gasteiger partial charge in [-0.05, 0) is 30.5 Å². The minimum atomic E-state index is -1.01. The highest BCUT2D eigenvalue weighted by Gasteiger charge is 2.11. The van der Waals surface area contributed by atoms with Crippen LogP contribution in [0, 0.1) is 6.92 Å². The highest BCUT2D eigenvalue weighted by molar-refractivity contribution is 5.33. The third kappa shape index (κ3) is 2.30. The zero-order valence-corrected chi connectivity index (χ0v) is 8.50. The molecule has 0 spiro atoms. The van der Waals surface area contributed by atoms with E-state index in [4.69, 9.17) is 5.73 Å². The van der Waals surface area contributed by atoms with Gasteiger partial charge in [0.25, 0.3) is 0 Å². The van der Waals surface area contributed by atoms with Crippen LogP contribution in [0.5, 0.6) is 0 Å². The van der Waals surface area contributed by atoms with Crippen molar-refractivity contribution < 1.29 is 9.50 Å². The van der Waals surface area contributed by atoms with Crippen LogP contribution in [0.2, 0.25) is 0 Å². The zero-order chi connectivity index (χ0) is 10.7. The van der Waals surface area contributed by atoms with Crippen LogP contribution in [0.4, 0.5) is 4.39 Å². The monoisotopic (exact) mass is 197 g/mol. The Morgan fingerprint density at radius 1 is 1.50 bits per heavy atom. The number of hydrogen-bond acceptors (Lipinski definition) is 2. The molecule has 0 saturated heterocycles. The van der Waals surface area contributed by atoms with E-state index in [-0.39, 0.29) is 6.54 Å². The number of alkyl halides is 1.